The van der Waals surface area contributed by atoms with Crippen LogP contribution < -0.4 is 0 Å². The highest BCUT2D eigenvalue weighted by Gasteiger charge is 2.32. The van der Waals surface area contributed by atoms with Crippen LogP contribution in [0.1, 0.15) is 35.4 Å². The molecule has 0 saturated carbocycles. The summed E-state index contributed by atoms with van der Waals surface area (Å²) in [6.07, 6.45) is 2.72. The summed E-state index contributed by atoms with van der Waals surface area (Å²) in [6, 6.07) is 16.8. The standard InChI is InChI=1S/C19H16BrNO/c20-14-8-5-13(6-9-14)17-11-18(21)22-19-15-4-2-1-3-12(15)7-10-16(17)19/h1-6,8-9,17,21H,7,10-11H2. The number of hydrogen-bond acceptors (Lipinski definition) is 2. The van der Waals surface area contributed by atoms with E-state index in [2.05, 4.69) is 58.4 Å². The first-order chi connectivity index (χ1) is 10.7. The van der Waals surface area contributed by atoms with Crippen molar-refractivity contribution in [2.45, 2.75) is 25.2 Å². The van der Waals surface area contributed by atoms with Crippen molar-refractivity contribution in [2.75, 3.05) is 0 Å². The zero-order chi connectivity index (χ0) is 15.1. The monoisotopic (exact) mass is 353 g/mol. The van der Waals surface area contributed by atoms with Crippen LogP contribution in [0, 0.1) is 5.41 Å². The molecule has 2 aromatic carbocycles. The minimum absolute atomic E-state index is 0.262. The lowest BCUT2D eigenvalue weighted by Gasteiger charge is -2.33. The van der Waals surface area contributed by atoms with Gasteiger partial charge < -0.3 is 4.74 Å². The van der Waals surface area contributed by atoms with Crippen LogP contribution in [0.5, 0.6) is 0 Å². The molecule has 4 rings (SSSR count). The number of ether oxygens (including phenoxy) is 1. The average molecular weight is 354 g/mol. The molecule has 2 aromatic rings. The lowest BCUT2D eigenvalue weighted by molar-refractivity contribution is 0.438. The molecule has 0 saturated heterocycles. The molecule has 0 amide bonds. The molecule has 1 heterocycles. The van der Waals surface area contributed by atoms with Gasteiger partial charge in [0, 0.05) is 22.4 Å². The summed E-state index contributed by atoms with van der Waals surface area (Å²) >= 11 is 3.49. The van der Waals surface area contributed by atoms with Gasteiger partial charge in [-0.25, -0.2) is 0 Å². The van der Waals surface area contributed by atoms with Crippen LogP contribution in [0.15, 0.2) is 58.6 Å². The number of hydrogen-bond donors (Lipinski definition) is 1. The van der Waals surface area contributed by atoms with Gasteiger partial charge in [-0.1, -0.05) is 52.3 Å². The summed E-state index contributed by atoms with van der Waals surface area (Å²) in [6.45, 7) is 0. The number of benzene rings is 2. The molecule has 0 spiro atoms. The molecule has 0 fully saturated rings. The summed E-state index contributed by atoms with van der Waals surface area (Å²) in [5.74, 6) is 1.55. The fourth-order valence-corrected chi connectivity index (χ4v) is 3.72. The Bertz CT molecular complexity index is 776. The van der Waals surface area contributed by atoms with Crippen molar-refractivity contribution in [1.29, 1.82) is 5.41 Å². The number of allylic oxidation sites excluding steroid dienone is 1. The number of aryl methyl sites for hydroxylation is 1. The highest BCUT2D eigenvalue weighted by Crippen LogP contribution is 2.44. The van der Waals surface area contributed by atoms with Gasteiger partial charge in [-0.2, -0.15) is 0 Å². The molecule has 2 nitrogen and oxygen atoms in total. The largest absolute Gasteiger partial charge is 0.443 e. The van der Waals surface area contributed by atoms with E-state index in [0.29, 0.717) is 12.3 Å². The molecule has 3 heteroatoms. The molecule has 1 atom stereocenters. The zero-order valence-corrected chi connectivity index (χ0v) is 13.7. The Hall–Kier alpha value is -1.87. The van der Waals surface area contributed by atoms with E-state index in [4.69, 9.17) is 10.1 Å². The van der Waals surface area contributed by atoms with Crippen LogP contribution in [-0.2, 0) is 11.2 Å². The number of fused-ring (bicyclic) bond motifs is 2. The predicted molar refractivity (Wildman–Crippen MR) is 92.0 cm³/mol. The third-order valence-corrected chi connectivity index (χ3v) is 5.05. The second-order valence-electron chi connectivity index (χ2n) is 5.85. The molecule has 1 aliphatic heterocycles. The Morgan fingerprint density at radius 3 is 2.59 bits per heavy atom. The van der Waals surface area contributed by atoms with Crippen molar-refractivity contribution >= 4 is 27.6 Å². The first-order valence-corrected chi connectivity index (χ1v) is 8.34. The summed E-state index contributed by atoms with van der Waals surface area (Å²) in [5, 5.41) is 8.11. The zero-order valence-electron chi connectivity index (χ0n) is 12.1. The van der Waals surface area contributed by atoms with Crippen molar-refractivity contribution in [1.82, 2.24) is 0 Å². The molecule has 2 aliphatic rings. The van der Waals surface area contributed by atoms with Gasteiger partial charge in [0.05, 0.1) is 0 Å². The van der Waals surface area contributed by atoms with Gasteiger partial charge >= 0.3 is 0 Å². The second kappa shape index (κ2) is 5.40. The Morgan fingerprint density at radius 2 is 1.77 bits per heavy atom. The molecular formula is C19H16BrNO. The van der Waals surface area contributed by atoms with Crippen molar-refractivity contribution in [3.63, 3.8) is 0 Å². The molecule has 0 aromatic heterocycles. The van der Waals surface area contributed by atoms with Crippen LogP contribution in [0.2, 0.25) is 0 Å². The molecule has 1 unspecified atom stereocenters. The van der Waals surface area contributed by atoms with Crippen molar-refractivity contribution in [3.05, 3.63) is 75.3 Å². The number of nitrogens with one attached hydrogen (secondary N) is 1. The summed E-state index contributed by atoms with van der Waals surface area (Å²) in [4.78, 5) is 0. The minimum atomic E-state index is 0.262. The summed E-state index contributed by atoms with van der Waals surface area (Å²) in [7, 11) is 0. The molecule has 0 radical (unpaired) electrons. The quantitative estimate of drug-likeness (QED) is 0.742. The SMILES string of the molecule is N=C1CC(c2ccc(Br)cc2)C2=C(O1)c1ccccc1CC2. The summed E-state index contributed by atoms with van der Waals surface area (Å²) < 4.78 is 6.93. The first kappa shape index (κ1) is 13.8. The van der Waals surface area contributed by atoms with Gasteiger partial charge in [-0.05, 0) is 41.7 Å². The van der Waals surface area contributed by atoms with E-state index in [1.54, 1.807) is 0 Å². The second-order valence-corrected chi connectivity index (χ2v) is 6.76. The average Bonchev–Trinajstić information content (AvgIpc) is 2.55. The van der Waals surface area contributed by atoms with Crippen LogP contribution in [0.3, 0.4) is 0 Å². The third kappa shape index (κ3) is 2.30. The van der Waals surface area contributed by atoms with Crippen LogP contribution >= 0.6 is 15.9 Å². The van der Waals surface area contributed by atoms with Gasteiger partial charge in [-0.3, -0.25) is 5.41 Å². The maximum atomic E-state index is 8.11. The fourth-order valence-electron chi connectivity index (χ4n) is 3.46. The molecule has 1 N–H and O–H groups in total. The number of halogens is 1. The van der Waals surface area contributed by atoms with E-state index in [1.165, 1.54) is 16.7 Å². The predicted octanol–water partition coefficient (Wildman–Crippen LogP) is 5.29. The molecule has 1 aliphatic carbocycles. The number of rotatable bonds is 1. The Kier molecular flexibility index (Phi) is 3.38. The maximum absolute atomic E-state index is 8.11. The summed E-state index contributed by atoms with van der Waals surface area (Å²) in [5.41, 5.74) is 5.10. The van der Waals surface area contributed by atoms with E-state index >= 15 is 0 Å². The maximum Gasteiger partial charge on any atom is 0.188 e. The topological polar surface area (TPSA) is 33.1 Å². The van der Waals surface area contributed by atoms with Crippen LogP contribution in [-0.4, -0.2) is 5.90 Å². The van der Waals surface area contributed by atoms with Gasteiger partial charge in [-0.15, -0.1) is 0 Å². The minimum Gasteiger partial charge on any atom is -0.443 e. The van der Waals surface area contributed by atoms with E-state index in [9.17, 15) is 0 Å². The Balaban J connectivity index is 1.84. The van der Waals surface area contributed by atoms with E-state index in [0.717, 1.165) is 28.6 Å². The van der Waals surface area contributed by atoms with Crippen molar-refractivity contribution in [3.8, 4) is 0 Å². The smallest absolute Gasteiger partial charge is 0.188 e. The molecule has 110 valence electrons. The molecule has 22 heavy (non-hydrogen) atoms. The lowest BCUT2D eigenvalue weighted by atomic mass is 9.78. The van der Waals surface area contributed by atoms with Crippen molar-refractivity contribution < 1.29 is 4.74 Å². The fraction of sp³-hybridized carbons (Fsp3) is 0.211. The van der Waals surface area contributed by atoms with E-state index in [-0.39, 0.29) is 5.92 Å². The van der Waals surface area contributed by atoms with E-state index < -0.39 is 0 Å². The Labute approximate surface area is 138 Å². The van der Waals surface area contributed by atoms with E-state index in [1.807, 2.05) is 6.07 Å². The lowest BCUT2D eigenvalue weighted by Crippen LogP contribution is -2.23. The third-order valence-electron chi connectivity index (χ3n) is 4.53. The van der Waals surface area contributed by atoms with Gasteiger partial charge in [0.1, 0.15) is 5.76 Å². The van der Waals surface area contributed by atoms with Crippen molar-refractivity contribution in [2.24, 2.45) is 0 Å². The van der Waals surface area contributed by atoms with Crippen LogP contribution in [0.4, 0.5) is 0 Å². The van der Waals surface area contributed by atoms with Gasteiger partial charge in [0.2, 0.25) is 0 Å². The molecule has 0 bridgehead atoms. The normalized spacial score (nSPS) is 20.2. The van der Waals surface area contributed by atoms with Gasteiger partial charge in [0.25, 0.3) is 0 Å². The van der Waals surface area contributed by atoms with Crippen LogP contribution in [0.25, 0.3) is 5.76 Å². The highest BCUT2D eigenvalue weighted by molar-refractivity contribution is 9.10. The highest BCUT2D eigenvalue weighted by atomic mass is 79.9. The van der Waals surface area contributed by atoms with Gasteiger partial charge in [0.15, 0.2) is 5.90 Å². The first-order valence-electron chi connectivity index (χ1n) is 7.54. The Morgan fingerprint density at radius 1 is 1.00 bits per heavy atom. The molecular weight excluding hydrogens is 338 g/mol.